The first-order chi connectivity index (χ1) is 15.1. The summed E-state index contributed by atoms with van der Waals surface area (Å²) in [6.45, 7) is 8.21. The van der Waals surface area contributed by atoms with E-state index in [4.69, 9.17) is 14.2 Å². The molecule has 1 aliphatic heterocycles. The molecule has 6 nitrogen and oxygen atoms in total. The van der Waals surface area contributed by atoms with Gasteiger partial charge in [0.1, 0.15) is 5.75 Å². The van der Waals surface area contributed by atoms with E-state index in [1.54, 1.807) is 13.2 Å². The molecular formula is C25H32N2O4. The molecule has 2 aromatic carbocycles. The van der Waals surface area contributed by atoms with Gasteiger partial charge >= 0.3 is 0 Å². The number of carbonyl (C=O) groups excluding carboxylic acids is 1. The minimum atomic E-state index is 0.0309. The van der Waals surface area contributed by atoms with Crippen LogP contribution in [0.1, 0.15) is 25.8 Å². The van der Waals surface area contributed by atoms with Crippen LogP contribution >= 0.6 is 0 Å². The smallest absolute Gasteiger partial charge is 0.246 e. The molecule has 1 aliphatic rings. The molecule has 6 heteroatoms. The molecule has 0 aliphatic carbocycles. The topological polar surface area (TPSA) is 51.2 Å². The summed E-state index contributed by atoms with van der Waals surface area (Å²) in [5, 5.41) is 0. The van der Waals surface area contributed by atoms with Gasteiger partial charge in [0.25, 0.3) is 0 Å². The maximum Gasteiger partial charge on any atom is 0.246 e. The summed E-state index contributed by atoms with van der Waals surface area (Å²) in [5.41, 5.74) is 2.07. The molecule has 166 valence electrons. The fourth-order valence-corrected chi connectivity index (χ4v) is 3.63. The highest BCUT2D eigenvalue weighted by atomic mass is 16.5. The van der Waals surface area contributed by atoms with Crippen LogP contribution in [-0.4, -0.2) is 57.3 Å². The molecule has 0 bridgehead atoms. The molecule has 2 aromatic rings. The lowest BCUT2D eigenvalue weighted by atomic mass is 10.2. The van der Waals surface area contributed by atoms with E-state index in [1.807, 2.05) is 55.2 Å². The third-order valence-corrected chi connectivity index (χ3v) is 5.23. The highest BCUT2D eigenvalue weighted by Crippen LogP contribution is 2.29. The zero-order valence-electron chi connectivity index (χ0n) is 18.7. The van der Waals surface area contributed by atoms with Gasteiger partial charge in [0.15, 0.2) is 11.5 Å². The van der Waals surface area contributed by atoms with E-state index in [1.165, 1.54) is 0 Å². The maximum absolute atomic E-state index is 12.8. The molecule has 31 heavy (non-hydrogen) atoms. The molecule has 0 aromatic heterocycles. The second-order valence-corrected chi connectivity index (χ2v) is 7.27. The Morgan fingerprint density at radius 2 is 1.68 bits per heavy atom. The van der Waals surface area contributed by atoms with Crippen LogP contribution in [-0.2, 0) is 4.79 Å². The summed E-state index contributed by atoms with van der Waals surface area (Å²) in [4.78, 5) is 17.0. The number of rotatable bonds is 8. The molecule has 0 atom stereocenters. The Labute approximate surface area is 185 Å². The minimum Gasteiger partial charge on any atom is -0.497 e. The first kappa shape index (κ1) is 22.5. The monoisotopic (exact) mass is 424 g/mol. The van der Waals surface area contributed by atoms with Gasteiger partial charge in [0, 0.05) is 37.9 Å². The molecule has 1 heterocycles. The molecule has 1 fully saturated rings. The molecule has 0 saturated carbocycles. The van der Waals surface area contributed by atoms with Crippen molar-refractivity contribution in [1.29, 1.82) is 0 Å². The van der Waals surface area contributed by atoms with E-state index in [0.717, 1.165) is 48.8 Å². The summed E-state index contributed by atoms with van der Waals surface area (Å²) in [6.07, 6.45) is 4.42. The predicted molar refractivity (Wildman–Crippen MR) is 124 cm³/mol. The minimum absolute atomic E-state index is 0.0309. The van der Waals surface area contributed by atoms with Gasteiger partial charge in [-0.1, -0.05) is 6.07 Å². The summed E-state index contributed by atoms with van der Waals surface area (Å²) >= 11 is 0. The Balaban J connectivity index is 1.61. The van der Waals surface area contributed by atoms with Crippen LogP contribution in [0.3, 0.4) is 0 Å². The third kappa shape index (κ3) is 6.17. The number of carbonyl (C=O) groups is 1. The number of amides is 1. The first-order valence-electron chi connectivity index (χ1n) is 10.9. The first-order valence-corrected chi connectivity index (χ1v) is 10.9. The molecular weight excluding hydrogens is 392 g/mol. The highest BCUT2D eigenvalue weighted by molar-refractivity contribution is 5.92. The Morgan fingerprint density at radius 1 is 0.935 bits per heavy atom. The molecule has 0 unspecified atom stereocenters. The van der Waals surface area contributed by atoms with E-state index in [-0.39, 0.29) is 5.91 Å². The lowest BCUT2D eigenvalue weighted by molar-refractivity contribution is -0.125. The lowest BCUT2D eigenvalue weighted by Gasteiger charge is -2.23. The fourth-order valence-electron chi connectivity index (χ4n) is 3.63. The fraction of sp³-hybridized carbons (Fsp3) is 0.400. The van der Waals surface area contributed by atoms with Crippen LogP contribution in [0.5, 0.6) is 17.2 Å². The van der Waals surface area contributed by atoms with Crippen LogP contribution in [0.4, 0.5) is 5.69 Å². The number of methoxy groups -OCH3 is 1. The van der Waals surface area contributed by atoms with Crippen LogP contribution in [0, 0.1) is 0 Å². The molecule has 1 saturated heterocycles. The summed E-state index contributed by atoms with van der Waals surface area (Å²) in [5.74, 6) is 2.30. The average molecular weight is 425 g/mol. The van der Waals surface area contributed by atoms with Gasteiger partial charge in [-0.05, 0) is 68.3 Å². The van der Waals surface area contributed by atoms with Gasteiger partial charge in [-0.15, -0.1) is 0 Å². The van der Waals surface area contributed by atoms with Gasteiger partial charge in [-0.2, -0.15) is 0 Å². The lowest BCUT2D eigenvalue weighted by Crippen LogP contribution is -2.34. The van der Waals surface area contributed by atoms with Crippen LogP contribution in [0.15, 0.2) is 48.5 Å². The van der Waals surface area contributed by atoms with Gasteiger partial charge in [-0.3, -0.25) is 4.79 Å². The van der Waals surface area contributed by atoms with E-state index in [9.17, 15) is 4.79 Å². The Morgan fingerprint density at radius 3 is 2.39 bits per heavy atom. The van der Waals surface area contributed by atoms with Crippen molar-refractivity contribution in [3.8, 4) is 17.2 Å². The second-order valence-electron chi connectivity index (χ2n) is 7.27. The second kappa shape index (κ2) is 11.3. The van der Waals surface area contributed by atoms with Crippen molar-refractivity contribution in [1.82, 2.24) is 4.90 Å². The van der Waals surface area contributed by atoms with Crippen molar-refractivity contribution < 1.29 is 19.0 Å². The number of hydrogen-bond acceptors (Lipinski definition) is 5. The summed E-state index contributed by atoms with van der Waals surface area (Å²) in [7, 11) is 1.67. The van der Waals surface area contributed by atoms with Crippen molar-refractivity contribution in [2.45, 2.75) is 20.3 Å². The highest BCUT2D eigenvalue weighted by Gasteiger charge is 2.18. The van der Waals surface area contributed by atoms with Crippen LogP contribution in [0.25, 0.3) is 6.08 Å². The number of benzene rings is 2. The van der Waals surface area contributed by atoms with E-state index in [0.29, 0.717) is 25.5 Å². The average Bonchev–Trinajstić information content (AvgIpc) is 3.06. The predicted octanol–water partition coefficient (Wildman–Crippen LogP) is 4.24. The van der Waals surface area contributed by atoms with Gasteiger partial charge in [-0.25, -0.2) is 0 Å². The number of ether oxygens (including phenoxy) is 3. The van der Waals surface area contributed by atoms with E-state index >= 15 is 0 Å². The standard InChI is InChI=1S/C25H32N2O4/c1-4-30-23-13-7-20(19-24(23)31-5-2)8-14-25(28)27-16-6-15-26(17-18-27)21-9-11-22(29-3)12-10-21/h7-14,19H,4-6,15-18H2,1-3H3/b14-8+. The van der Waals surface area contributed by atoms with Gasteiger partial charge < -0.3 is 24.0 Å². The Hall–Kier alpha value is -3.15. The Bertz CT molecular complexity index is 880. The molecule has 3 rings (SSSR count). The number of hydrogen-bond donors (Lipinski definition) is 0. The zero-order chi connectivity index (χ0) is 22.1. The van der Waals surface area contributed by atoms with Crippen molar-refractivity contribution in [2.75, 3.05) is 51.4 Å². The SMILES string of the molecule is CCOc1ccc(/C=C/C(=O)N2CCCN(c3ccc(OC)cc3)CC2)cc1OCC. The van der Waals surface area contributed by atoms with Gasteiger partial charge in [0.05, 0.1) is 20.3 Å². The number of nitrogens with zero attached hydrogens (tertiary/aromatic N) is 2. The van der Waals surface area contributed by atoms with Crippen LogP contribution in [0.2, 0.25) is 0 Å². The van der Waals surface area contributed by atoms with Crippen molar-refractivity contribution in [3.05, 3.63) is 54.1 Å². The molecule has 0 radical (unpaired) electrons. The van der Waals surface area contributed by atoms with E-state index < -0.39 is 0 Å². The Kier molecular flexibility index (Phi) is 8.21. The van der Waals surface area contributed by atoms with Crippen molar-refractivity contribution >= 4 is 17.7 Å². The van der Waals surface area contributed by atoms with Crippen LogP contribution < -0.4 is 19.1 Å². The molecule has 0 N–H and O–H groups in total. The quantitative estimate of drug-likeness (QED) is 0.593. The normalized spacial score (nSPS) is 14.4. The van der Waals surface area contributed by atoms with E-state index in [2.05, 4.69) is 17.0 Å². The van der Waals surface area contributed by atoms with Gasteiger partial charge in [0.2, 0.25) is 5.91 Å². The number of anilines is 1. The summed E-state index contributed by atoms with van der Waals surface area (Å²) < 4.78 is 16.5. The molecule has 0 spiro atoms. The molecule has 1 amide bonds. The summed E-state index contributed by atoms with van der Waals surface area (Å²) in [6, 6.07) is 13.8. The van der Waals surface area contributed by atoms with Crippen molar-refractivity contribution in [3.63, 3.8) is 0 Å². The largest absolute Gasteiger partial charge is 0.497 e. The third-order valence-electron chi connectivity index (χ3n) is 5.23. The zero-order valence-corrected chi connectivity index (χ0v) is 18.7. The van der Waals surface area contributed by atoms with Crippen molar-refractivity contribution in [2.24, 2.45) is 0 Å². The maximum atomic E-state index is 12.8.